The van der Waals surface area contributed by atoms with Gasteiger partial charge in [-0.1, -0.05) is 0 Å². The highest BCUT2D eigenvalue weighted by molar-refractivity contribution is 5.50. The molecule has 0 radical (unpaired) electrons. The molecule has 1 unspecified atom stereocenters. The number of methoxy groups -OCH3 is 2. The monoisotopic (exact) mass is 234 g/mol. The van der Waals surface area contributed by atoms with Crippen molar-refractivity contribution in [1.82, 2.24) is 10.2 Å². The van der Waals surface area contributed by atoms with Crippen LogP contribution in [-0.2, 0) is 6.54 Å². The van der Waals surface area contributed by atoms with Crippen LogP contribution < -0.4 is 14.8 Å². The molecule has 0 aliphatic carbocycles. The van der Waals surface area contributed by atoms with Crippen molar-refractivity contribution in [2.45, 2.75) is 12.6 Å². The SMILES string of the molecule is COc1cc2c(cc1OC)C1CNCCN1C2. The van der Waals surface area contributed by atoms with Crippen molar-refractivity contribution in [2.24, 2.45) is 0 Å². The van der Waals surface area contributed by atoms with Crippen molar-refractivity contribution >= 4 is 0 Å². The van der Waals surface area contributed by atoms with Gasteiger partial charge in [-0.2, -0.15) is 0 Å². The van der Waals surface area contributed by atoms with E-state index < -0.39 is 0 Å². The maximum Gasteiger partial charge on any atom is 0.161 e. The van der Waals surface area contributed by atoms with Gasteiger partial charge >= 0.3 is 0 Å². The molecule has 2 aliphatic heterocycles. The summed E-state index contributed by atoms with van der Waals surface area (Å²) in [6, 6.07) is 4.75. The van der Waals surface area contributed by atoms with Gasteiger partial charge in [0.1, 0.15) is 0 Å². The maximum atomic E-state index is 5.38. The number of ether oxygens (including phenoxy) is 2. The predicted octanol–water partition coefficient (Wildman–Crippen LogP) is 1.16. The summed E-state index contributed by atoms with van der Waals surface area (Å²) >= 11 is 0. The molecule has 4 heteroatoms. The van der Waals surface area contributed by atoms with E-state index in [0.29, 0.717) is 6.04 Å². The van der Waals surface area contributed by atoms with Crippen LogP contribution in [0.5, 0.6) is 11.5 Å². The minimum atomic E-state index is 0.499. The Hall–Kier alpha value is -1.26. The van der Waals surface area contributed by atoms with Crippen molar-refractivity contribution < 1.29 is 9.47 Å². The zero-order chi connectivity index (χ0) is 11.8. The summed E-state index contributed by atoms with van der Waals surface area (Å²) in [4.78, 5) is 2.51. The Morgan fingerprint density at radius 3 is 2.76 bits per heavy atom. The largest absolute Gasteiger partial charge is 0.493 e. The van der Waals surface area contributed by atoms with Gasteiger partial charge in [0.2, 0.25) is 0 Å². The summed E-state index contributed by atoms with van der Waals surface area (Å²) in [5.74, 6) is 1.66. The molecule has 0 aromatic heterocycles. The molecule has 0 bridgehead atoms. The van der Waals surface area contributed by atoms with Gasteiger partial charge in [-0.25, -0.2) is 0 Å². The van der Waals surface area contributed by atoms with Crippen LogP contribution in [0.25, 0.3) is 0 Å². The molecule has 0 saturated carbocycles. The van der Waals surface area contributed by atoms with Gasteiger partial charge in [-0.05, 0) is 23.3 Å². The van der Waals surface area contributed by atoms with Crippen LogP contribution in [0.3, 0.4) is 0 Å². The predicted molar refractivity (Wildman–Crippen MR) is 65.6 cm³/mol. The molecule has 1 fully saturated rings. The number of nitrogens with one attached hydrogen (secondary N) is 1. The molecule has 17 heavy (non-hydrogen) atoms. The van der Waals surface area contributed by atoms with Crippen molar-refractivity contribution in [1.29, 1.82) is 0 Å². The third kappa shape index (κ3) is 1.68. The smallest absolute Gasteiger partial charge is 0.161 e. The van der Waals surface area contributed by atoms with Gasteiger partial charge in [0.25, 0.3) is 0 Å². The first-order valence-corrected chi connectivity index (χ1v) is 6.03. The van der Waals surface area contributed by atoms with Gasteiger partial charge in [0.15, 0.2) is 11.5 Å². The number of nitrogens with zero attached hydrogens (tertiary/aromatic N) is 1. The second-order valence-corrected chi connectivity index (χ2v) is 4.60. The Morgan fingerprint density at radius 1 is 1.24 bits per heavy atom. The molecular weight excluding hydrogens is 216 g/mol. The molecule has 1 aromatic carbocycles. The maximum absolute atomic E-state index is 5.38. The minimum absolute atomic E-state index is 0.499. The molecule has 1 N–H and O–H groups in total. The molecule has 1 aromatic rings. The van der Waals surface area contributed by atoms with Gasteiger partial charge < -0.3 is 14.8 Å². The third-order valence-corrected chi connectivity index (χ3v) is 3.73. The molecular formula is C13H18N2O2. The topological polar surface area (TPSA) is 33.7 Å². The number of rotatable bonds is 2. The average molecular weight is 234 g/mol. The van der Waals surface area contributed by atoms with Crippen molar-refractivity contribution in [3.8, 4) is 11.5 Å². The van der Waals surface area contributed by atoms with Crippen LogP contribution >= 0.6 is 0 Å². The number of benzene rings is 1. The third-order valence-electron chi connectivity index (χ3n) is 3.73. The van der Waals surface area contributed by atoms with Gasteiger partial charge in [0, 0.05) is 32.2 Å². The Morgan fingerprint density at radius 2 is 2.00 bits per heavy atom. The highest BCUT2D eigenvalue weighted by Gasteiger charge is 2.33. The van der Waals surface area contributed by atoms with E-state index in [-0.39, 0.29) is 0 Å². The molecule has 1 saturated heterocycles. The fourth-order valence-corrected chi connectivity index (χ4v) is 2.85. The van der Waals surface area contributed by atoms with Crippen molar-refractivity contribution in [2.75, 3.05) is 33.9 Å². The first kappa shape index (κ1) is 10.9. The van der Waals surface area contributed by atoms with Crippen molar-refractivity contribution in [3.63, 3.8) is 0 Å². The fraction of sp³-hybridized carbons (Fsp3) is 0.538. The van der Waals surface area contributed by atoms with E-state index >= 15 is 0 Å². The summed E-state index contributed by atoms with van der Waals surface area (Å²) in [5.41, 5.74) is 2.76. The quantitative estimate of drug-likeness (QED) is 0.832. The molecule has 4 nitrogen and oxygen atoms in total. The molecule has 0 amide bonds. The number of hydrogen-bond donors (Lipinski definition) is 1. The number of piperazine rings is 1. The lowest BCUT2D eigenvalue weighted by Gasteiger charge is -2.30. The normalized spacial score (nSPS) is 23.1. The van der Waals surface area contributed by atoms with Crippen LogP contribution in [0, 0.1) is 0 Å². The van der Waals surface area contributed by atoms with E-state index in [2.05, 4.69) is 22.3 Å². The Labute approximate surface area is 102 Å². The molecule has 2 heterocycles. The van der Waals surface area contributed by atoms with Crippen LogP contribution in [0.15, 0.2) is 12.1 Å². The Bertz CT molecular complexity index is 434. The zero-order valence-corrected chi connectivity index (χ0v) is 10.3. The molecule has 1 atom stereocenters. The van der Waals surface area contributed by atoms with E-state index in [1.165, 1.54) is 11.1 Å². The average Bonchev–Trinajstić information content (AvgIpc) is 2.74. The van der Waals surface area contributed by atoms with Gasteiger partial charge in [-0.3, -0.25) is 4.90 Å². The van der Waals surface area contributed by atoms with Crippen LogP contribution in [0.2, 0.25) is 0 Å². The zero-order valence-electron chi connectivity index (χ0n) is 10.3. The summed E-state index contributed by atoms with van der Waals surface area (Å²) < 4.78 is 10.7. The van der Waals surface area contributed by atoms with E-state index in [0.717, 1.165) is 37.7 Å². The van der Waals surface area contributed by atoms with E-state index in [4.69, 9.17) is 9.47 Å². The Balaban J connectivity index is 2.02. The fourth-order valence-electron chi connectivity index (χ4n) is 2.85. The highest BCUT2D eigenvalue weighted by atomic mass is 16.5. The number of hydrogen-bond acceptors (Lipinski definition) is 4. The first-order chi connectivity index (χ1) is 8.33. The first-order valence-electron chi connectivity index (χ1n) is 6.03. The van der Waals surface area contributed by atoms with Crippen LogP contribution in [-0.4, -0.2) is 38.8 Å². The van der Waals surface area contributed by atoms with E-state index in [1.54, 1.807) is 14.2 Å². The molecule has 92 valence electrons. The van der Waals surface area contributed by atoms with Gasteiger partial charge in [-0.15, -0.1) is 0 Å². The lowest BCUT2D eigenvalue weighted by molar-refractivity contribution is 0.178. The molecule has 2 aliphatic rings. The standard InChI is InChI=1S/C13H18N2O2/c1-16-12-5-9-8-15-4-3-14-7-11(15)10(9)6-13(12)17-2/h5-6,11,14H,3-4,7-8H2,1-2H3. The highest BCUT2D eigenvalue weighted by Crippen LogP contribution is 2.40. The number of fused-ring (bicyclic) bond motifs is 3. The minimum Gasteiger partial charge on any atom is -0.493 e. The van der Waals surface area contributed by atoms with Gasteiger partial charge in [0.05, 0.1) is 14.2 Å². The van der Waals surface area contributed by atoms with Crippen LogP contribution in [0.1, 0.15) is 17.2 Å². The molecule has 3 rings (SSSR count). The van der Waals surface area contributed by atoms with Crippen molar-refractivity contribution in [3.05, 3.63) is 23.3 Å². The lowest BCUT2D eigenvalue weighted by Crippen LogP contribution is -2.42. The molecule has 0 spiro atoms. The lowest BCUT2D eigenvalue weighted by atomic mass is 10.0. The summed E-state index contributed by atoms with van der Waals surface area (Å²) in [7, 11) is 3.38. The van der Waals surface area contributed by atoms with E-state index in [9.17, 15) is 0 Å². The summed E-state index contributed by atoms with van der Waals surface area (Å²) in [5, 5.41) is 3.45. The van der Waals surface area contributed by atoms with Crippen LogP contribution in [0.4, 0.5) is 0 Å². The van der Waals surface area contributed by atoms with E-state index in [1.807, 2.05) is 0 Å². The second-order valence-electron chi connectivity index (χ2n) is 4.60. The Kier molecular flexibility index (Phi) is 2.68. The summed E-state index contributed by atoms with van der Waals surface area (Å²) in [6.07, 6.45) is 0. The summed E-state index contributed by atoms with van der Waals surface area (Å²) in [6.45, 7) is 4.26. The second kappa shape index (κ2) is 4.20.